The monoisotopic (exact) mass is 458 g/mol. The summed E-state index contributed by atoms with van der Waals surface area (Å²) in [4.78, 5) is 26.2. The highest BCUT2D eigenvalue weighted by atomic mass is 35.5. The fraction of sp³-hybridized carbons (Fsp3) is 0. The van der Waals surface area contributed by atoms with Crippen LogP contribution in [0.2, 0.25) is 0 Å². The molecule has 6 heteroatoms. The molecule has 0 spiro atoms. The Kier molecular flexibility index (Phi) is 5.17. The van der Waals surface area contributed by atoms with Crippen molar-refractivity contribution >= 4 is 67.7 Å². The van der Waals surface area contributed by atoms with Crippen molar-refractivity contribution in [3.63, 3.8) is 0 Å². The Morgan fingerprint density at radius 3 is 1.31 bits per heavy atom. The number of hydrogen-bond acceptors (Lipinski definition) is 4. The number of carbonyl (C=O) groups excluding carboxylic acids is 2. The fourth-order valence-electron chi connectivity index (χ4n) is 3.81. The van der Waals surface area contributed by atoms with E-state index in [0.29, 0.717) is 11.4 Å². The summed E-state index contributed by atoms with van der Waals surface area (Å²) in [7, 11) is 0. The number of anilines is 2. The number of allylic oxidation sites excluding steroid dienone is 2. The normalized spacial score (nSPS) is 14.4. The molecule has 2 N–H and O–H groups in total. The molecular weight excluding hydrogens is 443 g/mol. The zero-order chi connectivity index (χ0) is 22.2. The van der Waals surface area contributed by atoms with Crippen molar-refractivity contribution in [2.75, 3.05) is 10.6 Å². The van der Waals surface area contributed by atoms with E-state index in [-0.39, 0.29) is 21.5 Å². The average Bonchev–Trinajstić information content (AvgIpc) is 2.83. The third kappa shape index (κ3) is 3.44. The average molecular weight is 459 g/mol. The topological polar surface area (TPSA) is 58.2 Å². The molecule has 0 aliphatic heterocycles. The van der Waals surface area contributed by atoms with E-state index in [9.17, 15) is 9.59 Å². The lowest BCUT2D eigenvalue weighted by atomic mass is 10.0. The standard InChI is InChI=1S/C26H16Cl2N2O2/c27-21-23(29-19-13-5-9-15-7-1-3-11-17(15)19)25(31)22(28)24(26(21)32)30-20-14-6-10-16-8-2-4-12-18(16)20/h1-14,29-30H. The summed E-state index contributed by atoms with van der Waals surface area (Å²) < 4.78 is 0. The third-order valence-corrected chi connectivity index (χ3v) is 6.11. The van der Waals surface area contributed by atoms with Gasteiger partial charge in [0, 0.05) is 22.1 Å². The second kappa shape index (κ2) is 8.15. The highest BCUT2D eigenvalue weighted by Gasteiger charge is 2.34. The van der Waals surface area contributed by atoms with Crippen molar-refractivity contribution in [3.05, 3.63) is 106 Å². The minimum atomic E-state index is -0.549. The molecule has 4 aromatic rings. The Bertz CT molecular complexity index is 1360. The first-order valence-electron chi connectivity index (χ1n) is 9.93. The molecule has 0 aromatic heterocycles. The summed E-state index contributed by atoms with van der Waals surface area (Å²) in [5.74, 6) is -1.10. The van der Waals surface area contributed by atoms with E-state index in [1.54, 1.807) is 0 Å². The minimum Gasteiger partial charge on any atom is -0.350 e. The molecule has 1 aliphatic carbocycles. The van der Waals surface area contributed by atoms with E-state index in [4.69, 9.17) is 23.2 Å². The van der Waals surface area contributed by atoms with Crippen molar-refractivity contribution < 1.29 is 9.59 Å². The number of halogens is 2. The number of fused-ring (bicyclic) bond motifs is 2. The SMILES string of the molecule is O=C1C(Cl)=C(Nc2cccc3ccccc23)C(=O)C(Cl)=C1Nc1cccc2ccccc12. The molecule has 156 valence electrons. The molecule has 0 fully saturated rings. The number of nitrogens with one attached hydrogen (secondary N) is 2. The number of rotatable bonds is 4. The summed E-state index contributed by atoms with van der Waals surface area (Å²) in [5, 5.41) is 9.40. The van der Waals surface area contributed by atoms with Gasteiger partial charge in [0.1, 0.15) is 21.5 Å². The van der Waals surface area contributed by atoms with Crippen LogP contribution < -0.4 is 10.6 Å². The fourth-order valence-corrected chi connectivity index (χ4v) is 4.26. The van der Waals surface area contributed by atoms with E-state index in [0.717, 1.165) is 21.5 Å². The van der Waals surface area contributed by atoms with Crippen molar-refractivity contribution in [2.24, 2.45) is 0 Å². The van der Waals surface area contributed by atoms with Gasteiger partial charge in [-0.25, -0.2) is 0 Å². The quantitative estimate of drug-likeness (QED) is 0.339. The molecule has 0 saturated carbocycles. The van der Waals surface area contributed by atoms with Gasteiger partial charge in [0.15, 0.2) is 0 Å². The van der Waals surface area contributed by atoms with E-state index >= 15 is 0 Å². The Morgan fingerprint density at radius 2 is 0.875 bits per heavy atom. The molecule has 1 aliphatic rings. The zero-order valence-corrected chi connectivity index (χ0v) is 18.2. The van der Waals surface area contributed by atoms with Crippen LogP contribution in [-0.4, -0.2) is 11.6 Å². The minimum absolute atomic E-state index is 0.0403. The first-order valence-corrected chi connectivity index (χ1v) is 10.7. The van der Waals surface area contributed by atoms with Gasteiger partial charge in [0.25, 0.3) is 0 Å². The molecule has 0 bridgehead atoms. The molecule has 5 rings (SSSR count). The third-order valence-electron chi connectivity index (χ3n) is 5.39. The highest BCUT2D eigenvalue weighted by Crippen LogP contribution is 2.34. The van der Waals surface area contributed by atoms with Crippen LogP contribution in [0.3, 0.4) is 0 Å². The maximum atomic E-state index is 13.1. The molecule has 4 nitrogen and oxygen atoms in total. The van der Waals surface area contributed by atoms with Crippen LogP contribution in [0.4, 0.5) is 11.4 Å². The lowest BCUT2D eigenvalue weighted by Gasteiger charge is -2.21. The van der Waals surface area contributed by atoms with Gasteiger partial charge in [-0.2, -0.15) is 0 Å². The highest BCUT2D eigenvalue weighted by molar-refractivity contribution is 6.56. The van der Waals surface area contributed by atoms with Crippen LogP contribution >= 0.6 is 23.2 Å². The molecule has 0 unspecified atom stereocenters. The van der Waals surface area contributed by atoms with Crippen LogP contribution in [0.1, 0.15) is 0 Å². The maximum Gasteiger partial charge on any atom is 0.224 e. The summed E-state index contributed by atoms with van der Waals surface area (Å²) in [6.07, 6.45) is 0. The van der Waals surface area contributed by atoms with Crippen LogP contribution in [0.5, 0.6) is 0 Å². The molecule has 32 heavy (non-hydrogen) atoms. The smallest absolute Gasteiger partial charge is 0.224 e. The van der Waals surface area contributed by atoms with Gasteiger partial charge in [-0.1, -0.05) is 96.0 Å². The van der Waals surface area contributed by atoms with E-state index in [1.165, 1.54) is 0 Å². The van der Waals surface area contributed by atoms with Crippen molar-refractivity contribution in [3.8, 4) is 0 Å². The van der Waals surface area contributed by atoms with Gasteiger partial charge < -0.3 is 10.6 Å². The van der Waals surface area contributed by atoms with Gasteiger partial charge in [0.2, 0.25) is 11.6 Å². The molecule has 0 atom stereocenters. The number of carbonyl (C=O) groups is 2. The Labute approximate surface area is 194 Å². The number of hydrogen-bond donors (Lipinski definition) is 2. The zero-order valence-electron chi connectivity index (χ0n) is 16.7. The molecule has 0 radical (unpaired) electrons. The van der Waals surface area contributed by atoms with Crippen LogP contribution in [-0.2, 0) is 9.59 Å². The Morgan fingerprint density at radius 1 is 0.500 bits per heavy atom. The van der Waals surface area contributed by atoms with Crippen molar-refractivity contribution in [1.29, 1.82) is 0 Å². The Hall–Kier alpha value is -3.60. The summed E-state index contributed by atoms with van der Waals surface area (Å²) in [6.45, 7) is 0. The van der Waals surface area contributed by atoms with Gasteiger partial charge >= 0.3 is 0 Å². The maximum absolute atomic E-state index is 13.1. The lowest BCUT2D eigenvalue weighted by Crippen LogP contribution is -2.27. The first kappa shape index (κ1) is 20.3. The van der Waals surface area contributed by atoms with Gasteiger partial charge in [-0.15, -0.1) is 0 Å². The number of benzene rings is 4. The van der Waals surface area contributed by atoms with Crippen LogP contribution in [0.25, 0.3) is 21.5 Å². The van der Waals surface area contributed by atoms with Gasteiger partial charge in [0.05, 0.1) is 0 Å². The van der Waals surface area contributed by atoms with E-state index < -0.39 is 11.6 Å². The molecule has 0 heterocycles. The van der Waals surface area contributed by atoms with Crippen molar-refractivity contribution in [1.82, 2.24) is 0 Å². The van der Waals surface area contributed by atoms with Crippen LogP contribution in [0.15, 0.2) is 106 Å². The summed E-state index contributed by atoms with van der Waals surface area (Å²) >= 11 is 12.8. The molecule has 4 aromatic carbocycles. The van der Waals surface area contributed by atoms with Gasteiger partial charge in [-0.05, 0) is 22.9 Å². The molecule has 0 amide bonds. The summed E-state index contributed by atoms with van der Waals surface area (Å²) in [6, 6.07) is 26.7. The molecular formula is C26H16Cl2N2O2. The lowest BCUT2D eigenvalue weighted by molar-refractivity contribution is -0.115. The largest absolute Gasteiger partial charge is 0.350 e. The second-order valence-corrected chi connectivity index (χ2v) is 8.10. The van der Waals surface area contributed by atoms with Crippen molar-refractivity contribution in [2.45, 2.75) is 0 Å². The van der Waals surface area contributed by atoms with Gasteiger partial charge in [-0.3, -0.25) is 9.59 Å². The summed E-state index contributed by atoms with van der Waals surface area (Å²) in [5.41, 5.74) is 1.24. The molecule has 0 saturated heterocycles. The Balaban J connectivity index is 1.51. The second-order valence-electron chi connectivity index (χ2n) is 7.34. The van der Waals surface area contributed by atoms with Crippen LogP contribution in [0, 0.1) is 0 Å². The predicted octanol–water partition coefficient (Wildman–Crippen LogP) is 6.57. The first-order chi connectivity index (χ1) is 15.5. The predicted molar refractivity (Wildman–Crippen MR) is 131 cm³/mol. The van der Waals surface area contributed by atoms with E-state index in [1.807, 2.05) is 84.9 Å². The number of Topliss-reactive ketones (excluding diaryl/α,β-unsaturated/α-hetero) is 2. The van der Waals surface area contributed by atoms with E-state index in [2.05, 4.69) is 10.6 Å². The number of ketones is 2.